The van der Waals surface area contributed by atoms with Gasteiger partial charge < -0.3 is 0 Å². The van der Waals surface area contributed by atoms with Crippen LogP contribution in [0, 0.1) is 11.3 Å². The lowest BCUT2D eigenvalue weighted by Crippen LogP contribution is -2.27. The van der Waals surface area contributed by atoms with Crippen LogP contribution in [0.5, 0.6) is 0 Å². The molecule has 1 unspecified atom stereocenters. The van der Waals surface area contributed by atoms with Gasteiger partial charge in [0.05, 0.1) is 0 Å². The highest BCUT2D eigenvalue weighted by atomic mass is 32.2. The van der Waals surface area contributed by atoms with Crippen molar-refractivity contribution in [3.63, 3.8) is 0 Å². The first-order valence-corrected chi connectivity index (χ1v) is 13.7. The Bertz CT molecular complexity index is 708. The van der Waals surface area contributed by atoms with Gasteiger partial charge in [-0.1, -0.05) is 98.2 Å². The van der Waals surface area contributed by atoms with Crippen molar-refractivity contribution in [1.29, 1.82) is 0 Å². The number of carbonyl (C=O) groups is 1. The lowest BCUT2D eigenvalue weighted by molar-refractivity contribution is 0.0944. The molecule has 1 atom stereocenters. The van der Waals surface area contributed by atoms with Crippen molar-refractivity contribution in [3.8, 4) is 0 Å². The fourth-order valence-electron chi connectivity index (χ4n) is 3.43. The Morgan fingerprint density at radius 1 is 0.839 bits per heavy atom. The van der Waals surface area contributed by atoms with E-state index < -0.39 is 0 Å². The molecule has 0 spiro atoms. The van der Waals surface area contributed by atoms with E-state index in [1.807, 2.05) is 54.7 Å². The Hall–Kier alpha value is -0.670. The Labute approximate surface area is 201 Å². The third-order valence-corrected chi connectivity index (χ3v) is 8.82. The summed E-state index contributed by atoms with van der Waals surface area (Å²) >= 11 is 3.94. The number of carbonyl (C=O) groups excluding carboxylic acids is 1. The van der Waals surface area contributed by atoms with Gasteiger partial charge >= 0.3 is 0 Å². The monoisotopic (exact) mass is 462 g/mol. The molecule has 1 nitrogen and oxygen atoms in total. The van der Waals surface area contributed by atoms with Crippen molar-refractivity contribution in [1.82, 2.24) is 0 Å². The van der Waals surface area contributed by atoms with Crippen LogP contribution >= 0.6 is 23.5 Å². The van der Waals surface area contributed by atoms with Crippen molar-refractivity contribution >= 4 is 34.9 Å². The zero-order chi connectivity index (χ0) is 23.9. The van der Waals surface area contributed by atoms with Gasteiger partial charge in [0.2, 0.25) is 0 Å². The largest absolute Gasteiger partial charge is 0.294 e. The van der Waals surface area contributed by atoms with Crippen molar-refractivity contribution in [2.24, 2.45) is 11.3 Å². The SMILES string of the molecule is C=C(C)c1ccc(C(=O)C(CSC(C)(C)CCC)CSC(C)(C)CCC(C)(C)C)cc1. The summed E-state index contributed by atoms with van der Waals surface area (Å²) in [5.41, 5.74) is 3.31. The zero-order valence-electron chi connectivity index (χ0n) is 21.6. The molecule has 31 heavy (non-hydrogen) atoms. The molecule has 0 bridgehead atoms. The third-order valence-electron chi connectivity index (χ3n) is 5.71. The van der Waals surface area contributed by atoms with E-state index in [0.29, 0.717) is 5.41 Å². The summed E-state index contributed by atoms with van der Waals surface area (Å²) in [5, 5.41) is 0. The van der Waals surface area contributed by atoms with Gasteiger partial charge in [0, 0.05) is 32.5 Å². The highest BCUT2D eigenvalue weighted by Crippen LogP contribution is 2.38. The average Bonchev–Trinajstić information content (AvgIpc) is 2.65. The summed E-state index contributed by atoms with van der Waals surface area (Å²) in [4.78, 5) is 13.5. The van der Waals surface area contributed by atoms with Crippen LogP contribution in [0.15, 0.2) is 30.8 Å². The molecular weight excluding hydrogens is 416 g/mol. The van der Waals surface area contributed by atoms with Crippen LogP contribution in [0.2, 0.25) is 0 Å². The first-order chi connectivity index (χ1) is 14.2. The van der Waals surface area contributed by atoms with Crippen LogP contribution in [0.1, 0.15) is 104 Å². The molecule has 1 aromatic rings. The van der Waals surface area contributed by atoms with E-state index in [-0.39, 0.29) is 21.2 Å². The van der Waals surface area contributed by atoms with Crippen LogP contribution in [0.4, 0.5) is 0 Å². The summed E-state index contributed by atoms with van der Waals surface area (Å²) in [6, 6.07) is 8.02. The van der Waals surface area contributed by atoms with E-state index in [1.165, 1.54) is 25.7 Å². The Morgan fingerprint density at radius 3 is 1.71 bits per heavy atom. The second-order valence-corrected chi connectivity index (χ2v) is 14.8. The number of thioether (sulfide) groups is 2. The van der Waals surface area contributed by atoms with Crippen molar-refractivity contribution in [2.45, 2.75) is 97.5 Å². The first kappa shape index (κ1) is 28.4. The molecule has 0 aliphatic rings. The van der Waals surface area contributed by atoms with E-state index in [1.54, 1.807) is 0 Å². The number of benzene rings is 1. The lowest BCUT2D eigenvalue weighted by Gasteiger charge is -2.31. The van der Waals surface area contributed by atoms with Crippen molar-refractivity contribution < 1.29 is 4.79 Å². The minimum atomic E-state index is 0.0377. The molecule has 3 heteroatoms. The molecule has 0 amide bonds. The van der Waals surface area contributed by atoms with Gasteiger partial charge in [-0.05, 0) is 37.2 Å². The molecule has 1 rings (SSSR count). The van der Waals surface area contributed by atoms with E-state index in [0.717, 1.165) is 28.2 Å². The summed E-state index contributed by atoms with van der Waals surface area (Å²) in [7, 11) is 0. The minimum Gasteiger partial charge on any atom is -0.294 e. The Kier molecular flexibility index (Phi) is 11.0. The Morgan fingerprint density at radius 2 is 1.29 bits per heavy atom. The first-order valence-electron chi connectivity index (χ1n) is 11.7. The number of ketones is 1. The standard InChI is InChI=1S/C28H46OS2/c1-11-16-27(7,8)30-19-24(20-31-28(9,10)18-17-26(4,5)6)25(29)23-14-12-22(13-15-23)21(2)3/h12-15,24H,2,11,16-20H2,1,3-10H3. The maximum Gasteiger partial charge on any atom is 0.167 e. The maximum atomic E-state index is 13.5. The normalized spacial score (nSPS) is 13.8. The van der Waals surface area contributed by atoms with Gasteiger partial charge in [-0.3, -0.25) is 4.79 Å². The lowest BCUT2D eigenvalue weighted by atomic mass is 9.87. The smallest absolute Gasteiger partial charge is 0.167 e. The molecule has 1 aromatic carbocycles. The van der Waals surface area contributed by atoms with Gasteiger partial charge in [0.15, 0.2) is 5.78 Å². The Balaban J connectivity index is 2.94. The predicted octanol–water partition coefficient (Wildman–Crippen LogP) is 9.17. The summed E-state index contributed by atoms with van der Waals surface area (Å²) in [6.45, 7) is 24.5. The fourth-order valence-corrected chi connectivity index (χ4v) is 6.02. The van der Waals surface area contributed by atoms with Crippen LogP contribution in [-0.2, 0) is 0 Å². The topological polar surface area (TPSA) is 17.1 Å². The van der Waals surface area contributed by atoms with Crippen LogP contribution in [-0.4, -0.2) is 26.8 Å². The quantitative estimate of drug-likeness (QED) is 0.272. The summed E-state index contributed by atoms with van der Waals surface area (Å²) < 4.78 is 0.392. The molecule has 176 valence electrons. The maximum absolute atomic E-state index is 13.5. The van der Waals surface area contributed by atoms with Crippen LogP contribution in [0.25, 0.3) is 5.57 Å². The van der Waals surface area contributed by atoms with Gasteiger partial charge in [-0.25, -0.2) is 0 Å². The molecule has 0 saturated carbocycles. The van der Waals surface area contributed by atoms with Gasteiger partial charge in [-0.2, -0.15) is 23.5 Å². The molecular formula is C28H46OS2. The minimum absolute atomic E-state index is 0.0377. The highest BCUT2D eigenvalue weighted by molar-refractivity contribution is 8.01. The fraction of sp³-hybridized carbons (Fsp3) is 0.679. The van der Waals surface area contributed by atoms with Crippen molar-refractivity contribution in [3.05, 3.63) is 42.0 Å². The van der Waals surface area contributed by atoms with E-state index >= 15 is 0 Å². The van der Waals surface area contributed by atoms with E-state index in [9.17, 15) is 4.79 Å². The van der Waals surface area contributed by atoms with Gasteiger partial charge in [0.1, 0.15) is 0 Å². The predicted molar refractivity (Wildman–Crippen MR) is 146 cm³/mol. The van der Waals surface area contributed by atoms with Crippen LogP contribution in [0.3, 0.4) is 0 Å². The molecule has 0 aliphatic heterocycles. The number of hydrogen-bond acceptors (Lipinski definition) is 3. The van der Waals surface area contributed by atoms with Gasteiger partial charge in [0.25, 0.3) is 0 Å². The number of allylic oxidation sites excluding steroid dienone is 1. The number of hydrogen-bond donors (Lipinski definition) is 0. The van der Waals surface area contributed by atoms with Gasteiger partial charge in [-0.15, -0.1) is 0 Å². The molecule has 0 heterocycles. The molecule has 0 saturated heterocycles. The summed E-state index contributed by atoms with van der Waals surface area (Å²) in [5.74, 6) is 2.09. The molecule has 0 N–H and O–H groups in total. The van der Waals surface area contributed by atoms with E-state index in [2.05, 4.69) is 62.0 Å². The van der Waals surface area contributed by atoms with Crippen molar-refractivity contribution in [2.75, 3.05) is 11.5 Å². The third kappa shape index (κ3) is 11.1. The molecule has 0 fully saturated rings. The molecule has 0 aliphatic carbocycles. The zero-order valence-corrected chi connectivity index (χ0v) is 23.2. The number of rotatable bonds is 13. The van der Waals surface area contributed by atoms with E-state index in [4.69, 9.17) is 0 Å². The second kappa shape index (κ2) is 12.0. The average molecular weight is 463 g/mol. The molecule has 0 aromatic heterocycles. The van der Waals surface area contributed by atoms with Crippen LogP contribution < -0.4 is 0 Å². The highest BCUT2D eigenvalue weighted by Gasteiger charge is 2.29. The second-order valence-electron chi connectivity index (χ2n) is 11.4. The summed E-state index contributed by atoms with van der Waals surface area (Å²) in [6.07, 6.45) is 4.72. The molecule has 0 radical (unpaired) electrons. The number of Topliss-reactive ketones (excluding diaryl/α,β-unsaturated/α-hetero) is 1.